The molecule has 2 rings (SSSR count). The summed E-state index contributed by atoms with van der Waals surface area (Å²) >= 11 is 1.36. The summed E-state index contributed by atoms with van der Waals surface area (Å²) in [4.78, 5) is 15.2. The second kappa shape index (κ2) is 4.80. The highest BCUT2D eigenvalue weighted by atomic mass is 32.1. The standard InChI is InChI=1S/C10H10N2O3S/c1-14-9(13)8-6-16-10(12-8)11-4-7-2-3-15-5-7/h2-3,5-6H,4H2,1H3,(H,11,12). The molecule has 16 heavy (non-hydrogen) atoms. The summed E-state index contributed by atoms with van der Waals surface area (Å²) in [5.41, 5.74) is 1.34. The number of carbonyl (C=O) groups excluding carboxylic acids is 1. The van der Waals surface area contributed by atoms with Crippen LogP contribution in [0.3, 0.4) is 0 Å². The zero-order chi connectivity index (χ0) is 11.4. The number of anilines is 1. The summed E-state index contributed by atoms with van der Waals surface area (Å²) in [7, 11) is 1.33. The Labute approximate surface area is 96.1 Å². The normalized spacial score (nSPS) is 10.1. The minimum absolute atomic E-state index is 0.321. The Morgan fingerprint density at radius 3 is 3.25 bits per heavy atom. The van der Waals surface area contributed by atoms with Crippen LogP contribution in [0.25, 0.3) is 0 Å². The van der Waals surface area contributed by atoms with Crippen LogP contribution in [0.5, 0.6) is 0 Å². The number of esters is 1. The van der Waals surface area contributed by atoms with Crippen molar-refractivity contribution in [1.82, 2.24) is 4.98 Å². The third-order valence-electron chi connectivity index (χ3n) is 1.92. The minimum atomic E-state index is -0.424. The highest BCUT2D eigenvalue weighted by molar-refractivity contribution is 7.13. The number of ether oxygens (including phenoxy) is 1. The van der Waals surface area contributed by atoms with Crippen molar-refractivity contribution in [1.29, 1.82) is 0 Å². The first kappa shape index (κ1) is 10.7. The van der Waals surface area contributed by atoms with E-state index in [1.807, 2.05) is 6.07 Å². The minimum Gasteiger partial charge on any atom is -0.472 e. The number of nitrogens with zero attached hydrogens (tertiary/aromatic N) is 1. The van der Waals surface area contributed by atoms with Crippen molar-refractivity contribution in [3.05, 3.63) is 35.2 Å². The van der Waals surface area contributed by atoms with Crippen molar-refractivity contribution < 1.29 is 13.9 Å². The van der Waals surface area contributed by atoms with Crippen LogP contribution in [0.15, 0.2) is 28.4 Å². The van der Waals surface area contributed by atoms with Gasteiger partial charge in [-0.25, -0.2) is 9.78 Å². The molecular weight excluding hydrogens is 228 g/mol. The number of rotatable bonds is 4. The largest absolute Gasteiger partial charge is 0.472 e. The molecule has 0 atom stereocenters. The van der Waals surface area contributed by atoms with E-state index in [1.54, 1.807) is 17.9 Å². The van der Waals surface area contributed by atoms with Gasteiger partial charge in [-0.1, -0.05) is 0 Å². The molecule has 2 aromatic rings. The van der Waals surface area contributed by atoms with Crippen molar-refractivity contribution in [2.24, 2.45) is 0 Å². The van der Waals surface area contributed by atoms with Gasteiger partial charge in [-0.05, 0) is 6.07 Å². The first-order valence-electron chi connectivity index (χ1n) is 4.58. The zero-order valence-corrected chi connectivity index (χ0v) is 9.41. The number of thiazole rings is 1. The van der Waals surface area contributed by atoms with E-state index in [0.29, 0.717) is 17.4 Å². The summed E-state index contributed by atoms with van der Waals surface area (Å²) in [6.45, 7) is 0.616. The first-order valence-corrected chi connectivity index (χ1v) is 5.46. The van der Waals surface area contributed by atoms with E-state index in [9.17, 15) is 4.79 Å². The van der Waals surface area contributed by atoms with E-state index in [1.165, 1.54) is 18.4 Å². The van der Waals surface area contributed by atoms with Gasteiger partial charge >= 0.3 is 5.97 Å². The van der Waals surface area contributed by atoms with Crippen molar-refractivity contribution in [2.75, 3.05) is 12.4 Å². The number of aromatic nitrogens is 1. The van der Waals surface area contributed by atoms with Crippen LogP contribution in [0, 0.1) is 0 Å². The molecule has 0 aromatic carbocycles. The lowest BCUT2D eigenvalue weighted by Crippen LogP contribution is -2.02. The molecule has 0 saturated heterocycles. The summed E-state index contributed by atoms with van der Waals surface area (Å²) < 4.78 is 9.50. The highest BCUT2D eigenvalue weighted by Gasteiger charge is 2.10. The second-order valence-corrected chi connectivity index (χ2v) is 3.87. The lowest BCUT2D eigenvalue weighted by molar-refractivity contribution is 0.0595. The van der Waals surface area contributed by atoms with Crippen LogP contribution in [-0.2, 0) is 11.3 Å². The van der Waals surface area contributed by atoms with Gasteiger partial charge in [-0.3, -0.25) is 0 Å². The van der Waals surface area contributed by atoms with Gasteiger partial charge in [0.2, 0.25) is 0 Å². The Kier molecular flexibility index (Phi) is 3.21. The van der Waals surface area contributed by atoms with Crippen LogP contribution in [0.1, 0.15) is 16.1 Å². The maximum Gasteiger partial charge on any atom is 0.357 e. The molecule has 1 N–H and O–H groups in total. The molecule has 0 saturated carbocycles. The molecule has 5 nitrogen and oxygen atoms in total. The van der Waals surface area contributed by atoms with E-state index in [-0.39, 0.29) is 0 Å². The van der Waals surface area contributed by atoms with Gasteiger partial charge in [0, 0.05) is 17.5 Å². The molecule has 2 aromatic heterocycles. The van der Waals surface area contributed by atoms with Gasteiger partial charge in [-0.2, -0.15) is 0 Å². The predicted molar refractivity (Wildman–Crippen MR) is 59.5 cm³/mol. The third kappa shape index (κ3) is 2.40. The van der Waals surface area contributed by atoms with Crippen molar-refractivity contribution in [3.63, 3.8) is 0 Å². The topological polar surface area (TPSA) is 64.4 Å². The molecule has 84 valence electrons. The lowest BCUT2D eigenvalue weighted by Gasteiger charge is -1.98. The number of furan rings is 1. The molecule has 0 aliphatic rings. The monoisotopic (exact) mass is 238 g/mol. The molecule has 6 heteroatoms. The number of carbonyl (C=O) groups is 1. The van der Waals surface area contributed by atoms with Gasteiger partial charge in [0.05, 0.1) is 19.6 Å². The Bertz CT molecular complexity index is 464. The van der Waals surface area contributed by atoms with Crippen molar-refractivity contribution >= 4 is 22.4 Å². The zero-order valence-electron chi connectivity index (χ0n) is 8.60. The fourth-order valence-electron chi connectivity index (χ4n) is 1.12. The van der Waals surface area contributed by atoms with Crippen molar-refractivity contribution in [2.45, 2.75) is 6.54 Å². The Morgan fingerprint density at radius 1 is 1.69 bits per heavy atom. The molecule has 0 aliphatic carbocycles. The predicted octanol–water partition coefficient (Wildman–Crippen LogP) is 2.13. The molecule has 0 fully saturated rings. The average Bonchev–Trinajstić information content (AvgIpc) is 2.96. The summed E-state index contributed by atoms with van der Waals surface area (Å²) in [5, 5.41) is 5.42. The number of hydrogen-bond donors (Lipinski definition) is 1. The third-order valence-corrected chi connectivity index (χ3v) is 2.72. The van der Waals surface area contributed by atoms with E-state index in [2.05, 4.69) is 15.0 Å². The highest BCUT2D eigenvalue weighted by Crippen LogP contribution is 2.16. The molecule has 0 aliphatic heterocycles. The van der Waals surface area contributed by atoms with Crippen LogP contribution in [0.2, 0.25) is 0 Å². The number of methoxy groups -OCH3 is 1. The molecule has 0 bridgehead atoms. The van der Waals surface area contributed by atoms with E-state index in [4.69, 9.17) is 4.42 Å². The number of hydrogen-bond acceptors (Lipinski definition) is 6. The van der Waals surface area contributed by atoms with Crippen LogP contribution in [0.4, 0.5) is 5.13 Å². The van der Waals surface area contributed by atoms with E-state index in [0.717, 1.165) is 5.56 Å². The molecule has 0 amide bonds. The van der Waals surface area contributed by atoms with E-state index >= 15 is 0 Å². The maximum absolute atomic E-state index is 11.1. The second-order valence-electron chi connectivity index (χ2n) is 3.01. The fraction of sp³-hybridized carbons (Fsp3) is 0.200. The SMILES string of the molecule is COC(=O)c1csc(NCc2ccoc2)n1. The summed E-state index contributed by atoms with van der Waals surface area (Å²) in [5.74, 6) is -0.424. The Hall–Kier alpha value is -1.82. The van der Waals surface area contributed by atoms with Crippen molar-refractivity contribution in [3.8, 4) is 0 Å². The smallest absolute Gasteiger partial charge is 0.357 e. The summed E-state index contributed by atoms with van der Waals surface area (Å²) in [6, 6.07) is 1.86. The Morgan fingerprint density at radius 2 is 2.56 bits per heavy atom. The average molecular weight is 238 g/mol. The molecule has 0 spiro atoms. The van der Waals surface area contributed by atoms with Gasteiger partial charge < -0.3 is 14.5 Å². The first-order chi connectivity index (χ1) is 7.79. The van der Waals surface area contributed by atoms with Gasteiger partial charge in [0.15, 0.2) is 10.8 Å². The lowest BCUT2D eigenvalue weighted by atomic mass is 10.3. The van der Waals surface area contributed by atoms with Crippen LogP contribution in [-0.4, -0.2) is 18.1 Å². The quantitative estimate of drug-likeness (QED) is 0.827. The fourth-order valence-corrected chi connectivity index (χ4v) is 1.80. The van der Waals surface area contributed by atoms with E-state index < -0.39 is 5.97 Å². The van der Waals surface area contributed by atoms with Gasteiger partial charge in [0.1, 0.15) is 0 Å². The van der Waals surface area contributed by atoms with Gasteiger partial charge in [-0.15, -0.1) is 11.3 Å². The summed E-state index contributed by atoms with van der Waals surface area (Å²) in [6.07, 6.45) is 3.26. The van der Waals surface area contributed by atoms with Crippen LogP contribution >= 0.6 is 11.3 Å². The number of nitrogens with one attached hydrogen (secondary N) is 1. The van der Waals surface area contributed by atoms with Crippen LogP contribution < -0.4 is 5.32 Å². The maximum atomic E-state index is 11.1. The molecule has 2 heterocycles. The molecule has 0 radical (unpaired) electrons. The van der Waals surface area contributed by atoms with Gasteiger partial charge in [0.25, 0.3) is 0 Å². The molecular formula is C10H10N2O3S. The Balaban J connectivity index is 1.95. The molecule has 0 unspecified atom stereocenters.